The molecule has 0 amide bonds. The molecule has 6 N–H and O–H groups in total. The van der Waals surface area contributed by atoms with Crippen molar-refractivity contribution in [2.75, 3.05) is 6.61 Å². The fraction of sp³-hybridized carbons (Fsp3) is 0.933. The maximum absolute atomic E-state index is 12.0. The van der Waals surface area contributed by atoms with E-state index in [0.29, 0.717) is 12.3 Å². The molecular weight excluding hydrogens is 456 g/mol. The normalized spacial score (nSPS) is 57.5. The van der Waals surface area contributed by atoms with Crippen LogP contribution < -0.4 is 0 Å². The number of hydrogen-bond acceptors (Lipinski definition) is 6. The SMILES string of the molecule is CC1(C)C[C@H]2C3=CC[C@H]4[C@@]5(C)CC[C@H](O)C(C)(C)[C@H]5CC[C@@]4(C)[C@]3(C)[C@@H](O)[C@@H](O)[C@@]2(CO)[C@@H](O)[C@@H]1O. The van der Waals surface area contributed by atoms with Crippen LogP contribution in [0.5, 0.6) is 0 Å². The average molecular weight is 507 g/mol. The Morgan fingerprint density at radius 3 is 2.00 bits per heavy atom. The van der Waals surface area contributed by atoms with Crippen LogP contribution in [-0.2, 0) is 0 Å². The van der Waals surface area contributed by atoms with Crippen molar-refractivity contribution in [1.82, 2.24) is 0 Å². The molecule has 0 aromatic rings. The maximum Gasteiger partial charge on any atom is 0.0917 e. The van der Waals surface area contributed by atoms with Gasteiger partial charge in [0.15, 0.2) is 0 Å². The van der Waals surface area contributed by atoms with Crippen molar-refractivity contribution in [1.29, 1.82) is 0 Å². The quantitative estimate of drug-likeness (QED) is 0.304. The molecule has 12 atom stereocenters. The first-order chi connectivity index (χ1) is 16.5. The molecule has 0 saturated heterocycles. The lowest BCUT2D eigenvalue weighted by Crippen LogP contribution is -2.76. The highest BCUT2D eigenvalue weighted by molar-refractivity contribution is 5.38. The van der Waals surface area contributed by atoms with Gasteiger partial charge in [-0.1, -0.05) is 60.1 Å². The molecule has 0 spiro atoms. The van der Waals surface area contributed by atoms with Gasteiger partial charge in [-0.3, -0.25) is 0 Å². The van der Waals surface area contributed by atoms with Gasteiger partial charge in [-0.05, 0) is 77.9 Å². The van der Waals surface area contributed by atoms with Gasteiger partial charge in [-0.15, -0.1) is 0 Å². The summed E-state index contributed by atoms with van der Waals surface area (Å²) in [6, 6.07) is 0. The molecule has 4 fully saturated rings. The number of aliphatic hydroxyl groups is 6. The Morgan fingerprint density at radius 1 is 0.778 bits per heavy atom. The molecule has 6 nitrogen and oxygen atoms in total. The van der Waals surface area contributed by atoms with E-state index < -0.39 is 47.3 Å². The lowest BCUT2D eigenvalue weighted by atomic mass is 9.32. The standard InChI is InChI=1S/C30H50O6/c1-25(2)14-17-16-8-9-19-27(5)12-11-20(32)26(3,4)18(27)10-13-28(19,6)29(16,7)22(34)24(36)30(17,15-31)23(35)21(25)33/h8,17-24,31-36H,9-15H2,1-7H3/t17-,18+,19-,20-,21-,22-,23-,24+,27-,28+,29-,30+/m0/s1. The number of allylic oxidation sites excluding steroid dienone is 1. The predicted molar refractivity (Wildman–Crippen MR) is 138 cm³/mol. The highest BCUT2D eigenvalue weighted by atomic mass is 16.4. The Bertz CT molecular complexity index is 944. The topological polar surface area (TPSA) is 121 Å². The fourth-order valence-electron chi connectivity index (χ4n) is 10.9. The van der Waals surface area contributed by atoms with Gasteiger partial charge < -0.3 is 30.6 Å². The number of hydrogen-bond donors (Lipinski definition) is 6. The lowest BCUT2D eigenvalue weighted by Gasteiger charge is -2.73. The summed E-state index contributed by atoms with van der Waals surface area (Å²) in [5.41, 5.74) is -2.16. The zero-order valence-electron chi connectivity index (χ0n) is 23.3. The smallest absolute Gasteiger partial charge is 0.0917 e. The summed E-state index contributed by atoms with van der Waals surface area (Å²) in [7, 11) is 0. The van der Waals surface area contributed by atoms with Crippen LogP contribution in [0.1, 0.15) is 87.0 Å². The molecule has 5 aliphatic rings. The van der Waals surface area contributed by atoms with Gasteiger partial charge >= 0.3 is 0 Å². The molecule has 5 aliphatic carbocycles. The van der Waals surface area contributed by atoms with E-state index in [0.717, 1.165) is 37.7 Å². The highest BCUT2D eigenvalue weighted by Gasteiger charge is 2.74. The van der Waals surface area contributed by atoms with Crippen molar-refractivity contribution in [3.05, 3.63) is 11.6 Å². The second-order valence-electron chi connectivity index (χ2n) is 15.3. The second-order valence-corrected chi connectivity index (χ2v) is 15.3. The summed E-state index contributed by atoms with van der Waals surface area (Å²) >= 11 is 0. The Hall–Kier alpha value is -0.500. The van der Waals surface area contributed by atoms with Crippen molar-refractivity contribution < 1.29 is 30.6 Å². The molecule has 5 rings (SSSR count). The van der Waals surface area contributed by atoms with E-state index >= 15 is 0 Å². The van der Waals surface area contributed by atoms with E-state index in [1.165, 1.54) is 0 Å². The molecule has 206 valence electrons. The first-order valence-electron chi connectivity index (χ1n) is 14.2. The number of rotatable bonds is 1. The summed E-state index contributed by atoms with van der Waals surface area (Å²) in [5, 5.41) is 67.7. The molecule has 36 heavy (non-hydrogen) atoms. The molecule has 0 unspecified atom stereocenters. The summed E-state index contributed by atoms with van der Waals surface area (Å²) < 4.78 is 0. The van der Waals surface area contributed by atoms with Crippen molar-refractivity contribution in [3.8, 4) is 0 Å². The molecule has 6 heteroatoms. The third kappa shape index (κ3) is 2.85. The van der Waals surface area contributed by atoms with Gasteiger partial charge in [-0.2, -0.15) is 0 Å². The second kappa shape index (κ2) is 7.79. The lowest BCUT2D eigenvalue weighted by molar-refractivity contribution is -0.288. The monoisotopic (exact) mass is 506 g/mol. The van der Waals surface area contributed by atoms with E-state index in [1.54, 1.807) is 0 Å². The van der Waals surface area contributed by atoms with Crippen molar-refractivity contribution >= 4 is 0 Å². The van der Waals surface area contributed by atoms with Gasteiger partial charge in [0.05, 0.1) is 42.5 Å². The molecule has 0 heterocycles. The van der Waals surface area contributed by atoms with Gasteiger partial charge in [0, 0.05) is 5.41 Å². The number of fused-ring (bicyclic) bond motifs is 7. The van der Waals surface area contributed by atoms with Crippen molar-refractivity contribution in [2.24, 2.45) is 50.2 Å². The van der Waals surface area contributed by atoms with E-state index in [4.69, 9.17) is 0 Å². The molecule has 0 aromatic heterocycles. The minimum absolute atomic E-state index is 0.00149. The Morgan fingerprint density at radius 2 is 1.39 bits per heavy atom. The van der Waals surface area contributed by atoms with Crippen LogP contribution in [0.15, 0.2) is 11.6 Å². The van der Waals surface area contributed by atoms with Gasteiger partial charge in [-0.25, -0.2) is 0 Å². The summed E-state index contributed by atoms with van der Waals surface area (Å²) in [6.07, 6.45) is 1.92. The third-order valence-corrected chi connectivity index (χ3v) is 13.5. The van der Waals surface area contributed by atoms with Crippen LogP contribution in [0.3, 0.4) is 0 Å². The summed E-state index contributed by atoms with van der Waals surface area (Å²) in [5.74, 6) is 0.310. The largest absolute Gasteiger partial charge is 0.396 e. The minimum atomic E-state index is -1.40. The molecule has 0 aromatic carbocycles. The van der Waals surface area contributed by atoms with Gasteiger partial charge in [0.25, 0.3) is 0 Å². The van der Waals surface area contributed by atoms with Crippen LogP contribution >= 0.6 is 0 Å². The van der Waals surface area contributed by atoms with Crippen LogP contribution in [0.25, 0.3) is 0 Å². The first-order valence-corrected chi connectivity index (χ1v) is 14.2. The maximum atomic E-state index is 12.0. The third-order valence-electron chi connectivity index (χ3n) is 13.5. The number of aliphatic hydroxyl groups excluding tert-OH is 6. The molecule has 0 radical (unpaired) electrons. The Kier molecular flexibility index (Phi) is 5.86. The van der Waals surface area contributed by atoms with Crippen molar-refractivity contribution in [2.45, 2.75) is 118 Å². The van der Waals surface area contributed by atoms with Gasteiger partial charge in [0.1, 0.15) is 0 Å². The fourth-order valence-corrected chi connectivity index (χ4v) is 10.9. The van der Waals surface area contributed by atoms with Crippen LogP contribution in [0, 0.1) is 50.2 Å². The zero-order chi connectivity index (χ0) is 26.9. The van der Waals surface area contributed by atoms with Gasteiger partial charge in [0.2, 0.25) is 0 Å². The van der Waals surface area contributed by atoms with E-state index in [-0.39, 0.29) is 34.2 Å². The van der Waals surface area contributed by atoms with Crippen LogP contribution in [-0.4, -0.2) is 67.8 Å². The zero-order valence-corrected chi connectivity index (χ0v) is 23.3. The summed E-state index contributed by atoms with van der Waals surface area (Å²) in [4.78, 5) is 0. The van der Waals surface area contributed by atoms with Crippen LogP contribution in [0.4, 0.5) is 0 Å². The van der Waals surface area contributed by atoms with Crippen LogP contribution in [0.2, 0.25) is 0 Å². The average Bonchev–Trinajstić information content (AvgIpc) is 2.80. The van der Waals surface area contributed by atoms with E-state index in [9.17, 15) is 30.6 Å². The van der Waals surface area contributed by atoms with Crippen molar-refractivity contribution in [3.63, 3.8) is 0 Å². The molecule has 0 aliphatic heterocycles. The predicted octanol–water partition coefficient (Wildman–Crippen LogP) is 3.02. The van der Waals surface area contributed by atoms with E-state index in [1.807, 2.05) is 13.8 Å². The molecule has 0 bridgehead atoms. The Labute approximate surface area is 216 Å². The minimum Gasteiger partial charge on any atom is -0.396 e. The Balaban J connectivity index is 1.67. The van der Waals surface area contributed by atoms with E-state index in [2.05, 4.69) is 40.7 Å². The molecular formula is C30H50O6. The molecule has 4 saturated carbocycles. The highest BCUT2D eigenvalue weighted by Crippen LogP contribution is 2.75. The summed E-state index contributed by atoms with van der Waals surface area (Å²) in [6.45, 7) is 14.6. The first kappa shape index (κ1) is 27.1.